The normalized spacial score (nSPS) is 17.2. The minimum Gasteiger partial charge on any atom is -0.375 e. The molecule has 2 aliphatic heterocycles. The molecule has 0 saturated carbocycles. The van der Waals surface area contributed by atoms with Crippen molar-refractivity contribution >= 4 is 64.7 Å². The number of nitrogens with zero attached hydrogens (tertiary/aromatic N) is 3. The number of hydrogen-bond donors (Lipinski definition) is 2. The van der Waals surface area contributed by atoms with E-state index in [1.807, 2.05) is 35.4 Å². The Hall–Kier alpha value is -2.29. The summed E-state index contributed by atoms with van der Waals surface area (Å²) in [5.74, 6) is -0.0930. The third-order valence-electron chi connectivity index (χ3n) is 7.36. The number of hydrogen-bond acceptors (Lipinski definition) is 5. The van der Waals surface area contributed by atoms with E-state index in [1.54, 1.807) is 18.2 Å². The molecule has 200 valence electrons. The second-order valence-corrected chi connectivity index (χ2v) is 9.96. The van der Waals surface area contributed by atoms with Crippen molar-refractivity contribution in [3.8, 4) is 0 Å². The van der Waals surface area contributed by atoms with E-state index in [4.69, 9.17) is 11.6 Å². The number of carbonyl (C=O) groups is 2. The van der Waals surface area contributed by atoms with Crippen molar-refractivity contribution in [2.24, 2.45) is 0 Å². The fourth-order valence-electron chi connectivity index (χ4n) is 5.17. The number of nitrogens with one attached hydrogen (secondary N) is 2. The Kier molecular flexibility index (Phi) is 10.3. The summed E-state index contributed by atoms with van der Waals surface area (Å²) in [5, 5.41) is 4.55. The maximum Gasteiger partial charge on any atom is 0.241 e. The number of carbonyl (C=O) groups excluding carboxylic acids is 2. The van der Waals surface area contributed by atoms with Crippen molar-refractivity contribution in [3.05, 3.63) is 64.8 Å². The molecule has 2 aromatic carbocycles. The van der Waals surface area contributed by atoms with Crippen molar-refractivity contribution in [1.82, 2.24) is 19.7 Å². The van der Waals surface area contributed by atoms with E-state index in [9.17, 15) is 9.59 Å². The molecular formula is C27H34Cl3N5O2. The summed E-state index contributed by atoms with van der Waals surface area (Å²) in [6.45, 7) is 5.81. The van der Waals surface area contributed by atoms with E-state index in [1.165, 1.54) is 12.8 Å². The molecule has 0 bridgehead atoms. The Morgan fingerprint density at radius 3 is 2.46 bits per heavy atom. The molecule has 0 radical (unpaired) electrons. The standard InChI is InChI=1S/C27H32ClN5O2.2ClH/c1-31-11-8-21(9-12-31)32-13-15-33(16-14-32)25(34)18-30-23-4-2-3-22(26(23)28)27(35)20-6-5-19-7-10-29-24(19)17-20;;/h2-7,10,17,21,29-30H,8-9,11-16,18H2,1H3;2*1H. The molecule has 3 heterocycles. The molecule has 10 heteroatoms. The van der Waals surface area contributed by atoms with Gasteiger partial charge in [0.15, 0.2) is 5.78 Å². The number of H-pyrrole nitrogens is 1. The van der Waals surface area contributed by atoms with Crippen molar-refractivity contribution in [3.63, 3.8) is 0 Å². The Labute approximate surface area is 235 Å². The van der Waals surface area contributed by atoms with Crippen LogP contribution < -0.4 is 5.32 Å². The predicted octanol–water partition coefficient (Wildman–Crippen LogP) is 4.55. The van der Waals surface area contributed by atoms with Crippen molar-refractivity contribution < 1.29 is 9.59 Å². The molecule has 5 rings (SSSR count). The number of aromatic amines is 1. The van der Waals surface area contributed by atoms with Crippen LogP contribution in [0.15, 0.2) is 48.7 Å². The van der Waals surface area contributed by atoms with Crippen molar-refractivity contribution in [2.75, 3.05) is 58.2 Å². The molecule has 37 heavy (non-hydrogen) atoms. The Bertz CT molecular complexity index is 1220. The molecule has 2 aliphatic rings. The van der Waals surface area contributed by atoms with Gasteiger partial charge in [-0.05, 0) is 62.6 Å². The minimum atomic E-state index is -0.147. The number of piperazine rings is 1. The smallest absolute Gasteiger partial charge is 0.241 e. The first-order valence-electron chi connectivity index (χ1n) is 12.3. The summed E-state index contributed by atoms with van der Waals surface area (Å²) in [4.78, 5) is 36.0. The van der Waals surface area contributed by atoms with Gasteiger partial charge in [-0.2, -0.15) is 0 Å². The van der Waals surface area contributed by atoms with Gasteiger partial charge in [-0.1, -0.05) is 29.8 Å². The van der Waals surface area contributed by atoms with Crippen molar-refractivity contribution in [2.45, 2.75) is 18.9 Å². The van der Waals surface area contributed by atoms with Gasteiger partial charge in [0.25, 0.3) is 0 Å². The highest BCUT2D eigenvalue weighted by Gasteiger charge is 2.28. The zero-order valence-electron chi connectivity index (χ0n) is 20.9. The lowest BCUT2D eigenvalue weighted by Gasteiger charge is -2.42. The van der Waals surface area contributed by atoms with Gasteiger partial charge in [0.2, 0.25) is 5.91 Å². The SMILES string of the molecule is CN1CCC(N2CCN(C(=O)CNc3cccc(C(=O)c4ccc5cc[nH]c5c4)c3Cl)CC2)CC1.Cl.Cl. The Balaban J connectivity index is 0.00000190. The highest BCUT2D eigenvalue weighted by atomic mass is 35.5. The van der Waals surface area contributed by atoms with Gasteiger partial charge in [0.1, 0.15) is 0 Å². The second-order valence-electron chi connectivity index (χ2n) is 9.58. The van der Waals surface area contributed by atoms with Gasteiger partial charge in [0.05, 0.1) is 17.3 Å². The van der Waals surface area contributed by atoms with Gasteiger partial charge in [0, 0.05) is 55.1 Å². The summed E-state index contributed by atoms with van der Waals surface area (Å²) in [6, 6.07) is 13.5. The number of halogens is 3. The van der Waals surface area contributed by atoms with Gasteiger partial charge >= 0.3 is 0 Å². The first-order chi connectivity index (χ1) is 17.0. The van der Waals surface area contributed by atoms with Crippen LogP contribution in [0.25, 0.3) is 10.9 Å². The zero-order valence-corrected chi connectivity index (χ0v) is 23.3. The van der Waals surface area contributed by atoms with Crippen LogP contribution >= 0.6 is 36.4 Å². The van der Waals surface area contributed by atoms with Gasteiger partial charge in [-0.25, -0.2) is 0 Å². The highest BCUT2D eigenvalue weighted by Crippen LogP contribution is 2.28. The molecule has 3 aromatic rings. The number of fused-ring (bicyclic) bond motifs is 1. The minimum absolute atomic E-state index is 0. The number of ketones is 1. The third kappa shape index (κ3) is 6.59. The summed E-state index contributed by atoms with van der Waals surface area (Å²) < 4.78 is 0. The molecule has 7 nitrogen and oxygen atoms in total. The van der Waals surface area contributed by atoms with E-state index in [0.29, 0.717) is 27.9 Å². The number of amides is 1. The van der Waals surface area contributed by atoms with E-state index in [-0.39, 0.29) is 43.0 Å². The van der Waals surface area contributed by atoms with Crippen LogP contribution in [0.1, 0.15) is 28.8 Å². The molecular weight excluding hydrogens is 533 g/mol. The van der Waals surface area contributed by atoms with E-state index in [0.717, 1.165) is 50.2 Å². The van der Waals surface area contributed by atoms with Gasteiger partial charge in [-0.3, -0.25) is 14.5 Å². The number of aromatic nitrogens is 1. The first kappa shape index (κ1) is 29.3. The molecule has 0 atom stereocenters. The first-order valence-corrected chi connectivity index (χ1v) is 12.7. The molecule has 1 aromatic heterocycles. The van der Waals surface area contributed by atoms with Crippen LogP contribution in [0.5, 0.6) is 0 Å². The van der Waals surface area contributed by atoms with Crippen LogP contribution in [0.2, 0.25) is 5.02 Å². The molecule has 2 fully saturated rings. The zero-order chi connectivity index (χ0) is 24.4. The van der Waals surface area contributed by atoms with Crippen molar-refractivity contribution in [1.29, 1.82) is 0 Å². The van der Waals surface area contributed by atoms with Crippen LogP contribution in [-0.4, -0.2) is 90.3 Å². The van der Waals surface area contributed by atoms with Crippen LogP contribution in [-0.2, 0) is 4.79 Å². The van der Waals surface area contributed by atoms with Crippen LogP contribution in [0, 0.1) is 0 Å². The number of rotatable bonds is 6. The number of likely N-dealkylation sites (tertiary alicyclic amines) is 1. The fraction of sp³-hybridized carbons (Fsp3) is 0.407. The molecule has 1 amide bonds. The maximum atomic E-state index is 13.1. The topological polar surface area (TPSA) is 71.7 Å². The van der Waals surface area contributed by atoms with Crippen LogP contribution in [0.3, 0.4) is 0 Å². The quantitative estimate of drug-likeness (QED) is 0.429. The highest BCUT2D eigenvalue weighted by molar-refractivity contribution is 6.37. The Morgan fingerprint density at radius 1 is 1.00 bits per heavy atom. The monoisotopic (exact) mass is 565 g/mol. The van der Waals surface area contributed by atoms with E-state index >= 15 is 0 Å². The van der Waals surface area contributed by atoms with E-state index in [2.05, 4.69) is 27.1 Å². The predicted molar refractivity (Wildman–Crippen MR) is 155 cm³/mol. The lowest BCUT2D eigenvalue weighted by molar-refractivity contribution is -0.131. The number of benzene rings is 2. The average molecular weight is 567 g/mol. The number of piperidine rings is 1. The lowest BCUT2D eigenvalue weighted by atomic mass is 10.0. The second kappa shape index (κ2) is 13.0. The maximum absolute atomic E-state index is 13.1. The average Bonchev–Trinajstić information content (AvgIpc) is 3.36. The van der Waals surface area contributed by atoms with Gasteiger partial charge in [-0.15, -0.1) is 24.8 Å². The van der Waals surface area contributed by atoms with Gasteiger partial charge < -0.3 is 20.1 Å². The molecule has 2 saturated heterocycles. The third-order valence-corrected chi connectivity index (χ3v) is 7.77. The largest absolute Gasteiger partial charge is 0.375 e. The lowest BCUT2D eigenvalue weighted by Crippen LogP contribution is -2.54. The fourth-order valence-corrected chi connectivity index (χ4v) is 5.45. The van der Waals surface area contributed by atoms with Crippen LogP contribution in [0.4, 0.5) is 5.69 Å². The summed E-state index contributed by atoms with van der Waals surface area (Å²) in [6.07, 6.45) is 4.26. The Morgan fingerprint density at radius 2 is 1.73 bits per heavy atom. The number of anilines is 1. The molecule has 2 N–H and O–H groups in total. The summed E-state index contributed by atoms with van der Waals surface area (Å²) in [5.41, 5.74) is 2.49. The van der Waals surface area contributed by atoms with E-state index < -0.39 is 0 Å². The molecule has 0 aliphatic carbocycles. The molecule has 0 unspecified atom stereocenters. The molecule has 0 spiro atoms. The summed E-state index contributed by atoms with van der Waals surface area (Å²) >= 11 is 6.61. The summed E-state index contributed by atoms with van der Waals surface area (Å²) in [7, 11) is 2.18.